The first-order valence-electron chi connectivity index (χ1n) is 8.97. The summed E-state index contributed by atoms with van der Waals surface area (Å²) >= 11 is 3.28. The maximum absolute atomic E-state index is 13.1. The second kappa shape index (κ2) is 8.35. The zero-order valence-corrected chi connectivity index (χ0v) is 18.0. The Morgan fingerprint density at radius 1 is 0.867 bits per heavy atom. The number of sulfonamides is 1. The molecule has 30 heavy (non-hydrogen) atoms. The molecular formula is C22H16BrN3O3S. The third kappa shape index (κ3) is 4.25. The molecule has 3 aromatic carbocycles. The maximum Gasteiger partial charge on any atom is 0.293 e. The van der Waals surface area contributed by atoms with Crippen LogP contribution < -0.4 is 4.83 Å². The lowest BCUT2D eigenvalue weighted by molar-refractivity contribution is -0.123. The summed E-state index contributed by atoms with van der Waals surface area (Å²) in [5, 5.41) is 0.974. The number of hydrogen-bond donors (Lipinski definition) is 1. The van der Waals surface area contributed by atoms with Gasteiger partial charge in [-0.1, -0.05) is 76.6 Å². The molecule has 1 amide bonds. The summed E-state index contributed by atoms with van der Waals surface area (Å²) in [6.07, 6.45) is 1.62. The fraction of sp³-hybridized carbons (Fsp3) is 0. The van der Waals surface area contributed by atoms with Crippen molar-refractivity contribution in [2.24, 2.45) is 4.99 Å². The predicted octanol–water partition coefficient (Wildman–Crippen LogP) is 3.97. The molecular weight excluding hydrogens is 466 g/mol. The quantitative estimate of drug-likeness (QED) is 0.559. The first-order valence-corrected chi connectivity index (χ1v) is 11.2. The van der Waals surface area contributed by atoms with E-state index in [1.165, 1.54) is 12.1 Å². The molecule has 0 aliphatic carbocycles. The lowest BCUT2D eigenvalue weighted by atomic mass is 10.2. The predicted molar refractivity (Wildman–Crippen MR) is 119 cm³/mol. The minimum absolute atomic E-state index is 0.0337. The topological polar surface area (TPSA) is 78.8 Å². The van der Waals surface area contributed by atoms with E-state index in [1.807, 2.05) is 36.4 Å². The van der Waals surface area contributed by atoms with E-state index in [0.29, 0.717) is 5.56 Å². The highest BCUT2D eigenvalue weighted by Gasteiger charge is 2.34. The molecule has 1 aliphatic heterocycles. The van der Waals surface area contributed by atoms with E-state index in [0.717, 1.165) is 15.0 Å². The molecule has 1 aliphatic rings. The smallest absolute Gasteiger partial charge is 0.265 e. The average Bonchev–Trinajstić information content (AvgIpc) is 3.05. The molecule has 0 bridgehead atoms. The van der Waals surface area contributed by atoms with Crippen molar-refractivity contribution in [3.63, 3.8) is 0 Å². The molecule has 0 spiro atoms. The zero-order chi connectivity index (χ0) is 21.1. The molecule has 1 N–H and O–H groups in total. The van der Waals surface area contributed by atoms with E-state index >= 15 is 0 Å². The number of rotatable bonds is 5. The first kappa shape index (κ1) is 20.2. The molecule has 4 rings (SSSR count). The van der Waals surface area contributed by atoms with Crippen LogP contribution in [0.1, 0.15) is 11.1 Å². The van der Waals surface area contributed by atoms with Crippen molar-refractivity contribution in [1.82, 2.24) is 9.84 Å². The summed E-state index contributed by atoms with van der Waals surface area (Å²) in [5.74, 6) is -0.345. The number of nitrogens with zero attached hydrogens (tertiary/aromatic N) is 2. The van der Waals surface area contributed by atoms with Gasteiger partial charge in [0.2, 0.25) is 0 Å². The van der Waals surface area contributed by atoms with E-state index in [1.54, 1.807) is 42.5 Å². The highest BCUT2D eigenvalue weighted by molar-refractivity contribution is 9.10. The normalized spacial score (nSPS) is 15.5. The minimum atomic E-state index is -4.00. The van der Waals surface area contributed by atoms with E-state index in [2.05, 4.69) is 25.8 Å². The lowest BCUT2D eigenvalue weighted by Gasteiger charge is -2.19. The zero-order valence-electron chi connectivity index (χ0n) is 15.6. The van der Waals surface area contributed by atoms with Gasteiger partial charge in [-0.25, -0.2) is 18.4 Å². The van der Waals surface area contributed by atoms with Gasteiger partial charge in [0.1, 0.15) is 5.70 Å². The van der Waals surface area contributed by atoms with Crippen LogP contribution in [0.5, 0.6) is 0 Å². The standard InChI is InChI=1S/C22H16BrN3O3S/c23-18-11-13-19(14-12-18)30(28,29)25-26-21(17-9-5-2-6-10-17)24-20(22(26)27)15-16-7-3-1-4-8-16/h1-15,25H. The number of carbonyl (C=O) groups excluding carboxylic acids is 1. The van der Waals surface area contributed by atoms with Gasteiger partial charge in [0.05, 0.1) is 4.90 Å². The van der Waals surface area contributed by atoms with Gasteiger partial charge in [-0.15, -0.1) is 4.83 Å². The molecule has 0 aromatic heterocycles. The summed E-state index contributed by atoms with van der Waals surface area (Å²) in [5.41, 5.74) is 1.54. The van der Waals surface area contributed by atoms with E-state index < -0.39 is 15.9 Å². The summed E-state index contributed by atoms with van der Waals surface area (Å²) in [6, 6.07) is 24.3. The molecule has 150 valence electrons. The largest absolute Gasteiger partial charge is 0.293 e. The van der Waals surface area contributed by atoms with Gasteiger partial charge in [-0.05, 0) is 35.9 Å². The van der Waals surface area contributed by atoms with Crippen LogP contribution in [0.15, 0.2) is 105 Å². The molecule has 0 fully saturated rings. The van der Waals surface area contributed by atoms with Crippen molar-refractivity contribution < 1.29 is 13.2 Å². The number of amidine groups is 1. The lowest BCUT2D eigenvalue weighted by Crippen LogP contribution is -2.47. The van der Waals surface area contributed by atoms with Crippen LogP contribution in [-0.2, 0) is 14.8 Å². The molecule has 0 saturated heterocycles. The fourth-order valence-corrected chi connectivity index (χ4v) is 4.15. The number of benzene rings is 3. The molecule has 8 heteroatoms. The van der Waals surface area contributed by atoms with Gasteiger partial charge >= 0.3 is 0 Å². The van der Waals surface area contributed by atoms with E-state index in [4.69, 9.17) is 0 Å². The van der Waals surface area contributed by atoms with Crippen LogP contribution in [0.3, 0.4) is 0 Å². The number of halogens is 1. The number of amides is 1. The molecule has 0 unspecified atom stereocenters. The van der Waals surface area contributed by atoms with Crippen LogP contribution >= 0.6 is 15.9 Å². The van der Waals surface area contributed by atoms with Crippen molar-refractivity contribution in [1.29, 1.82) is 0 Å². The van der Waals surface area contributed by atoms with Crippen LogP contribution in [0.4, 0.5) is 0 Å². The Morgan fingerprint density at radius 3 is 2.10 bits per heavy atom. The van der Waals surface area contributed by atoms with Gasteiger partial charge < -0.3 is 0 Å². The Balaban J connectivity index is 1.73. The van der Waals surface area contributed by atoms with Crippen LogP contribution in [0.2, 0.25) is 0 Å². The fourth-order valence-electron chi connectivity index (χ4n) is 2.88. The molecule has 0 saturated carbocycles. The second-order valence-electron chi connectivity index (χ2n) is 6.43. The molecule has 0 radical (unpaired) electrons. The second-order valence-corrected chi connectivity index (χ2v) is 9.01. The maximum atomic E-state index is 13.1. The number of aliphatic imine (C=N–C) groups is 1. The van der Waals surface area contributed by atoms with E-state index in [-0.39, 0.29) is 16.4 Å². The Hall–Kier alpha value is -3.07. The van der Waals surface area contributed by atoms with Gasteiger partial charge in [0.25, 0.3) is 15.9 Å². The summed E-state index contributed by atoms with van der Waals surface area (Å²) in [7, 11) is -4.00. The Bertz CT molecular complexity index is 1240. The SMILES string of the molecule is O=C1C(=Cc2ccccc2)N=C(c2ccccc2)N1NS(=O)(=O)c1ccc(Br)cc1. The molecule has 6 nitrogen and oxygen atoms in total. The van der Waals surface area contributed by atoms with Gasteiger partial charge in [0.15, 0.2) is 5.84 Å². The van der Waals surface area contributed by atoms with Crippen LogP contribution in [0.25, 0.3) is 6.08 Å². The number of carbonyl (C=O) groups is 1. The molecule has 1 heterocycles. The summed E-state index contributed by atoms with van der Waals surface area (Å²) in [6.45, 7) is 0. The number of hydrazine groups is 1. The number of hydrogen-bond acceptors (Lipinski definition) is 4. The monoisotopic (exact) mass is 481 g/mol. The third-order valence-electron chi connectivity index (χ3n) is 4.33. The average molecular weight is 482 g/mol. The highest BCUT2D eigenvalue weighted by Crippen LogP contribution is 2.22. The summed E-state index contributed by atoms with van der Waals surface area (Å²) < 4.78 is 26.5. The van der Waals surface area contributed by atoms with Crippen molar-refractivity contribution >= 4 is 43.8 Å². The minimum Gasteiger partial charge on any atom is -0.265 e. The Morgan fingerprint density at radius 2 is 1.47 bits per heavy atom. The van der Waals surface area contributed by atoms with E-state index in [9.17, 15) is 13.2 Å². The van der Waals surface area contributed by atoms with Crippen molar-refractivity contribution in [3.05, 3.63) is 106 Å². The van der Waals surface area contributed by atoms with Crippen LogP contribution in [0, 0.1) is 0 Å². The van der Waals surface area contributed by atoms with Crippen molar-refractivity contribution in [3.8, 4) is 0 Å². The summed E-state index contributed by atoms with van der Waals surface area (Å²) in [4.78, 5) is 19.9. The van der Waals surface area contributed by atoms with Gasteiger partial charge in [-0.2, -0.15) is 0 Å². The molecule has 0 atom stereocenters. The van der Waals surface area contributed by atoms with Gasteiger partial charge in [-0.3, -0.25) is 4.79 Å². The molecule has 3 aromatic rings. The first-order chi connectivity index (χ1) is 14.4. The highest BCUT2D eigenvalue weighted by atomic mass is 79.9. The third-order valence-corrected chi connectivity index (χ3v) is 6.18. The number of nitrogens with one attached hydrogen (secondary N) is 1. The van der Waals surface area contributed by atoms with Crippen molar-refractivity contribution in [2.45, 2.75) is 4.90 Å². The van der Waals surface area contributed by atoms with Gasteiger partial charge in [0, 0.05) is 10.0 Å². The van der Waals surface area contributed by atoms with Crippen LogP contribution in [-0.4, -0.2) is 25.2 Å². The Kier molecular flexibility index (Phi) is 5.63. The van der Waals surface area contributed by atoms with Crippen molar-refractivity contribution in [2.75, 3.05) is 0 Å². The Labute approximate surface area is 182 Å².